The van der Waals surface area contributed by atoms with Crippen molar-refractivity contribution >= 4 is 79.4 Å². The van der Waals surface area contributed by atoms with Gasteiger partial charge < -0.3 is 0 Å². The molecule has 0 radical (unpaired) electrons. The van der Waals surface area contributed by atoms with E-state index in [0.29, 0.717) is 5.17 Å². The Morgan fingerprint density at radius 2 is 1.75 bits per heavy atom. The molecule has 20 heavy (non-hydrogen) atoms. The molecule has 2 nitrogen and oxygen atoms in total. The molecule has 0 atom stereocenters. The number of halogens is 3. The lowest BCUT2D eigenvalue weighted by molar-refractivity contribution is 1.29. The maximum Gasteiger partial charge on any atom is 0.156 e. The van der Waals surface area contributed by atoms with E-state index in [1.54, 1.807) is 11.8 Å². The van der Waals surface area contributed by atoms with Gasteiger partial charge in [0.25, 0.3) is 0 Å². The molecular weight excluding hydrogens is 517 g/mol. The summed E-state index contributed by atoms with van der Waals surface area (Å²) < 4.78 is 2.25. The fraction of sp³-hybridized carbons (Fsp3) is 0.0714. The molecular formula is C14H11ClI2N2S. The smallest absolute Gasteiger partial charge is 0.156 e. The first-order valence-corrected chi connectivity index (χ1v) is 9.45. The lowest BCUT2D eigenvalue weighted by Gasteiger charge is -2.09. The van der Waals surface area contributed by atoms with E-state index in [9.17, 15) is 0 Å². The standard InChI is InChI=1S/C14H11ClI2N2S/c1-20-10-7-11(16)13(12(17)8-10)18-19-14(15)9-5-3-2-4-6-9/h2-8,18H,1H3. The van der Waals surface area contributed by atoms with Gasteiger partial charge in [-0.15, -0.1) is 11.8 Å². The highest BCUT2D eigenvalue weighted by Crippen LogP contribution is 2.30. The number of nitrogens with one attached hydrogen (secondary N) is 1. The highest BCUT2D eigenvalue weighted by atomic mass is 127. The molecule has 2 rings (SSSR count). The minimum Gasteiger partial charge on any atom is -0.275 e. The first-order valence-electron chi connectivity index (χ1n) is 5.69. The van der Waals surface area contributed by atoms with Gasteiger partial charge in [-0.05, 0) is 63.6 Å². The van der Waals surface area contributed by atoms with Crippen molar-refractivity contribution in [2.75, 3.05) is 11.7 Å². The molecule has 0 fully saturated rings. The molecule has 0 aliphatic rings. The zero-order chi connectivity index (χ0) is 14.5. The molecule has 0 heterocycles. The van der Waals surface area contributed by atoms with Gasteiger partial charge in [0.1, 0.15) is 0 Å². The van der Waals surface area contributed by atoms with E-state index in [0.717, 1.165) is 18.4 Å². The van der Waals surface area contributed by atoms with Crippen LogP contribution < -0.4 is 5.43 Å². The molecule has 1 N–H and O–H groups in total. The van der Waals surface area contributed by atoms with Crippen LogP contribution in [-0.2, 0) is 0 Å². The van der Waals surface area contributed by atoms with Crippen LogP contribution in [-0.4, -0.2) is 11.4 Å². The summed E-state index contributed by atoms with van der Waals surface area (Å²) in [5, 5.41) is 4.71. The maximum atomic E-state index is 6.20. The van der Waals surface area contributed by atoms with Crippen LogP contribution in [0.1, 0.15) is 5.56 Å². The van der Waals surface area contributed by atoms with Gasteiger partial charge in [-0.2, -0.15) is 5.10 Å². The molecule has 0 unspecified atom stereocenters. The van der Waals surface area contributed by atoms with Crippen LogP contribution in [0, 0.1) is 7.14 Å². The highest BCUT2D eigenvalue weighted by Gasteiger charge is 2.07. The predicted octanol–water partition coefficient (Wildman–Crippen LogP) is 5.63. The van der Waals surface area contributed by atoms with E-state index in [1.807, 2.05) is 30.3 Å². The summed E-state index contributed by atoms with van der Waals surface area (Å²) in [6.45, 7) is 0. The van der Waals surface area contributed by atoms with Crippen LogP contribution in [0.25, 0.3) is 0 Å². The van der Waals surface area contributed by atoms with Crippen molar-refractivity contribution in [1.29, 1.82) is 0 Å². The van der Waals surface area contributed by atoms with E-state index in [4.69, 9.17) is 11.6 Å². The van der Waals surface area contributed by atoms with E-state index in [1.165, 1.54) is 4.90 Å². The number of hydrogen-bond acceptors (Lipinski definition) is 3. The largest absolute Gasteiger partial charge is 0.275 e. The van der Waals surface area contributed by atoms with Crippen molar-refractivity contribution in [2.24, 2.45) is 5.10 Å². The number of hydrazone groups is 1. The van der Waals surface area contributed by atoms with E-state index in [-0.39, 0.29) is 0 Å². The lowest BCUT2D eigenvalue weighted by atomic mass is 10.2. The normalized spacial score (nSPS) is 11.5. The van der Waals surface area contributed by atoms with Crippen molar-refractivity contribution < 1.29 is 0 Å². The first-order chi connectivity index (χ1) is 9.61. The zero-order valence-electron chi connectivity index (χ0n) is 10.5. The van der Waals surface area contributed by atoms with Crippen LogP contribution >= 0.6 is 68.5 Å². The minimum absolute atomic E-state index is 0.450. The van der Waals surface area contributed by atoms with Gasteiger partial charge >= 0.3 is 0 Å². The van der Waals surface area contributed by atoms with Gasteiger partial charge in [-0.1, -0.05) is 41.9 Å². The van der Waals surface area contributed by atoms with Crippen LogP contribution in [0.3, 0.4) is 0 Å². The predicted molar refractivity (Wildman–Crippen MR) is 106 cm³/mol. The van der Waals surface area contributed by atoms with Gasteiger partial charge in [-0.3, -0.25) is 5.43 Å². The number of anilines is 1. The topological polar surface area (TPSA) is 24.4 Å². The third-order valence-corrected chi connectivity index (χ3v) is 5.24. The number of rotatable bonds is 4. The second-order valence-electron chi connectivity index (χ2n) is 3.85. The number of hydrogen-bond donors (Lipinski definition) is 1. The Morgan fingerprint density at radius 3 is 2.30 bits per heavy atom. The average molecular weight is 529 g/mol. The molecule has 0 spiro atoms. The second kappa shape index (κ2) is 7.86. The van der Waals surface area contributed by atoms with Crippen molar-refractivity contribution in [2.45, 2.75) is 4.90 Å². The minimum atomic E-state index is 0.450. The SMILES string of the molecule is CSc1cc(I)c(NN=C(Cl)c2ccccc2)c(I)c1. The molecule has 0 aliphatic heterocycles. The summed E-state index contributed by atoms with van der Waals surface area (Å²) >= 11 is 12.5. The summed E-state index contributed by atoms with van der Waals surface area (Å²) in [7, 11) is 0. The molecule has 2 aromatic rings. The highest BCUT2D eigenvalue weighted by molar-refractivity contribution is 14.1. The molecule has 0 aliphatic carbocycles. The zero-order valence-corrected chi connectivity index (χ0v) is 16.4. The Hall–Kier alpha value is 0.01000. The Bertz CT molecular complexity index is 609. The van der Waals surface area contributed by atoms with Gasteiger partial charge in [-0.25, -0.2) is 0 Å². The number of nitrogens with zero attached hydrogens (tertiary/aromatic N) is 1. The van der Waals surface area contributed by atoms with Gasteiger partial charge in [0, 0.05) is 17.6 Å². The van der Waals surface area contributed by atoms with E-state index < -0.39 is 0 Å². The monoisotopic (exact) mass is 528 g/mol. The lowest BCUT2D eigenvalue weighted by Crippen LogP contribution is -2.00. The van der Waals surface area contributed by atoms with Crippen molar-refractivity contribution in [1.82, 2.24) is 0 Å². The summed E-state index contributed by atoms with van der Waals surface area (Å²) in [6, 6.07) is 13.9. The number of thioether (sulfide) groups is 1. The van der Waals surface area contributed by atoms with Crippen molar-refractivity contribution in [3.8, 4) is 0 Å². The van der Waals surface area contributed by atoms with Gasteiger partial charge in [0.2, 0.25) is 0 Å². The van der Waals surface area contributed by atoms with E-state index >= 15 is 0 Å². The Balaban J connectivity index is 2.23. The van der Waals surface area contributed by atoms with Crippen LogP contribution in [0.4, 0.5) is 5.69 Å². The molecule has 0 saturated heterocycles. The van der Waals surface area contributed by atoms with Gasteiger partial charge in [0.05, 0.1) is 5.69 Å². The first kappa shape index (κ1) is 16.4. The summed E-state index contributed by atoms with van der Waals surface area (Å²) in [5.74, 6) is 0. The fourth-order valence-electron chi connectivity index (χ4n) is 1.52. The molecule has 6 heteroatoms. The second-order valence-corrected chi connectivity index (χ2v) is 7.41. The molecule has 0 aromatic heterocycles. The molecule has 2 aromatic carbocycles. The Kier molecular flexibility index (Phi) is 6.44. The summed E-state index contributed by atoms with van der Waals surface area (Å²) in [4.78, 5) is 1.24. The Labute approximate surface area is 155 Å². The fourth-order valence-corrected chi connectivity index (χ4v) is 4.59. The van der Waals surface area contributed by atoms with Crippen molar-refractivity contribution in [3.63, 3.8) is 0 Å². The summed E-state index contributed by atoms with van der Waals surface area (Å²) in [6.07, 6.45) is 2.07. The molecule has 0 saturated carbocycles. The van der Waals surface area contributed by atoms with Crippen LogP contribution in [0.2, 0.25) is 0 Å². The van der Waals surface area contributed by atoms with Crippen LogP contribution in [0.15, 0.2) is 52.5 Å². The van der Waals surface area contributed by atoms with Gasteiger partial charge in [0.15, 0.2) is 5.17 Å². The molecule has 104 valence electrons. The quantitative estimate of drug-likeness (QED) is 0.241. The Morgan fingerprint density at radius 1 is 1.15 bits per heavy atom. The third-order valence-electron chi connectivity index (χ3n) is 2.53. The van der Waals surface area contributed by atoms with Crippen LogP contribution in [0.5, 0.6) is 0 Å². The molecule has 0 amide bonds. The van der Waals surface area contributed by atoms with Crippen molar-refractivity contribution in [3.05, 3.63) is 55.2 Å². The third kappa shape index (κ3) is 4.25. The maximum absolute atomic E-state index is 6.20. The average Bonchev–Trinajstić information content (AvgIpc) is 2.46. The van der Waals surface area contributed by atoms with E-state index in [2.05, 4.69) is 74.1 Å². The summed E-state index contributed by atoms with van der Waals surface area (Å²) in [5.41, 5.74) is 4.94. The molecule has 0 bridgehead atoms. The number of benzene rings is 2.